The Bertz CT molecular complexity index is 151. The van der Waals surface area contributed by atoms with E-state index in [1.165, 1.54) is 6.42 Å². The number of nitrogens with zero attached hydrogens (tertiary/aromatic N) is 1. The van der Waals surface area contributed by atoms with E-state index in [0.29, 0.717) is 6.04 Å². The molecule has 0 aliphatic carbocycles. The molecule has 0 aliphatic heterocycles. The van der Waals surface area contributed by atoms with Gasteiger partial charge in [-0.1, -0.05) is 41.5 Å². The van der Waals surface area contributed by atoms with E-state index in [-0.39, 0.29) is 0 Å². The first kappa shape index (κ1) is 15.9. The van der Waals surface area contributed by atoms with Crippen LogP contribution in [-0.2, 0) is 0 Å². The lowest BCUT2D eigenvalue weighted by Crippen LogP contribution is -2.43. The summed E-state index contributed by atoms with van der Waals surface area (Å²) in [6.07, 6.45) is 1.30. The van der Waals surface area contributed by atoms with Crippen LogP contribution in [0.3, 0.4) is 0 Å². The van der Waals surface area contributed by atoms with Crippen molar-refractivity contribution in [1.29, 1.82) is 0 Å². The molecule has 1 unspecified atom stereocenters. The maximum Gasteiger partial charge on any atom is 0.0222 e. The molecule has 0 aromatic heterocycles. The van der Waals surface area contributed by atoms with Gasteiger partial charge in [0.05, 0.1) is 0 Å². The van der Waals surface area contributed by atoms with Crippen molar-refractivity contribution in [3.63, 3.8) is 0 Å². The fourth-order valence-electron chi connectivity index (χ4n) is 2.18. The molecule has 1 N–H and O–H groups in total. The van der Waals surface area contributed by atoms with Gasteiger partial charge in [-0.05, 0) is 37.9 Å². The predicted molar refractivity (Wildman–Crippen MR) is 73.9 cm³/mol. The minimum atomic E-state index is 0.703. The van der Waals surface area contributed by atoms with Gasteiger partial charge in [-0.2, -0.15) is 0 Å². The Balaban J connectivity index is 4.08. The molecule has 0 heterocycles. The molecule has 0 aliphatic rings. The van der Waals surface area contributed by atoms with Crippen LogP contribution in [0.4, 0.5) is 0 Å². The number of nitrogens with one attached hydrogen (secondary N) is 1. The summed E-state index contributed by atoms with van der Waals surface area (Å²) in [5, 5.41) is 3.60. The van der Waals surface area contributed by atoms with Crippen LogP contribution < -0.4 is 5.32 Å². The van der Waals surface area contributed by atoms with Gasteiger partial charge < -0.3 is 5.32 Å². The van der Waals surface area contributed by atoms with Gasteiger partial charge in [0.1, 0.15) is 0 Å². The van der Waals surface area contributed by atoms with E-state index < -0.39 is 0 Å². The summed E-state index contributed by atoms with van der Waals surface area (Å²) in [4.78, 5) is 2.58. The number of hydrogen-bond donors (Lipinski definition) is 1. The fraction of sp³-hybridized carbons (Fsp3) is 1.00. The average molecular weight is 228 g/mol. The van der Waals surface area contributed by atoms with Crippen LogP contribution in [0, 0.1) is 11.8 Å². The van der Waals surface area contributed by atoms with E-state index in [2.05, 4.69) is 51.8 Å². The number of rotatable bonds is 9. The summed E-state index contributed by atoms with van der Waals surface area (Å²) in [7, 11) is 0. The van der Waals surface area contributed by atoms with E-state index in [4.69, 9.17) is 0 Å². The normalized spacial score (nSPS) is 14.1. The second-order valence-corrected chi connectivity index (χ2v) is 5.56. The lowest BCUT2D eigenvalue weighted by atomic mass is 10.0. The molecule has 0 bridgehead atoms. The van der Waals surface area contributed by atoms with Gasteiger partial charge >= 0.3 is 0 Å². The molecule has 2 nitrogen and oxygen atoms in total. The molecular weight excluding hydrogens is 196 g/mol. The van der Waals surface area contributed by atoms with E-state index >= 15 is 0 Å². The average Bonchev–Trinajstić information content (AvgIpc) is 2.17. The van der Waals surface area contributed by atoms with Crippen LogP contribution in [0.25, 0.3) is 0 Å². The summed E-state index contributed by atoms with van der Waals surface area (Å²) in [6, 6.07) is 0.703. The zero-order valence-electron chi connectivity index (χ0n) is 12.2. The summed E-state index contributed by atoms with van der Waals surface area (Å²) >= 11 is 0. The molecule has 0 radical (unpaired) electrons. The van der Waals surface area contributed by atoms with E-state index in [9.17, 15) is 0 Å². The highest BCUT2D eigenvalue weighted by Crippen LogP contribution is 2.10. The van der Waals surface area contributed by atoms with E-state index in [0.717, 1.165) is 38.0 Å². The van der Waals surface area contributed by atoms with Gasteiger partial charge in [0.25, 0.3) is 0 Å². The Labute approximate surface area is 103 Å². The zero-order valence-corrected chi connectivity index (χ0v) is 12.2. The van der Waals surface area contributed by atoms with Crippen molar-refractivity contribution >= 4 is 0 Å². The van der Waals surface area contributed by atoms with Crippen LogP contribution in [-0.4, -0.2) is 37.1 Å². The molecule has 98 valence electrons. The molecular formula is C14H32N2. The maximum absolute atomic E-state index is 3.60. The zero-order chi connectivity index (χ0) is 12.6. The monoisotopic (exact) mass is 228 g/mol. The van der Waals surface area contributed by atoms with Gasteiger partial charge in [-0.3, -0.25) is 4.90 Å². The van der Waals surface area contributed by atoms with Gasteiger partial charge in [0.15, 0.2) is 0 Å². The molecule has 0 amide bonds. The summed E-state index contributed by atoms with van der Waals surface area (Å²) in [5.74, 6) is 1.53. The minimum absolute atomic E-state index is 0.703. The van der Waals surface area contributed by atoms with Crippen LogP contribution in [0.5, 0.6) is 0 Å². The maximum atomic E-state index is 3.60. The molecule has 2 heteroatoms. The second kappa shape index (κ2) is 9.00. The first-order chi connectivity index (χ1) is 7.51. The highest BCUT2D eigenvalue weighted by atomic mass is 15.2. The largest absolute Gasteiger partial charge is 0.315 e. The topological polar surface area (TPSA) is 15.3 Å². The Morgan fingerprint density at radius 3 is 1.81 bits per heavy atom. The van der Waals surface area contributed by atoms with Gasteiger partial charge in [-0.25, -0.2) is 0 Å². The molecule has 1 atom stereocenters. The number of hydrogen-bond acceptors (Lipinski definition) is 2. The standard InChI is InChI=1S/C14H32N2/c1-7-16(8-2)14(9-12(3)4)11-15-10-13(5)6/h12-15H,7-11H2,1-6H3. The molecule has 0 saturated carbocycles. The molecule has 0 rings (SSSR count). The molecule has 0 fully saturated rings. The van der Waals surface area contributed by atoms with Crippen molar-refractivity contribution in [2.75, 3.05) is 26.2 Å². The van der Waals surface area contributed by atoms with Crippen molar-refractivity contribution in [2.45, 2.75) is 54.0 Å². The fourth-order valence-corrected chi connectivity index (χ4v) is 2.18. The molecule has 0 saturated heterocycles. The third-order valence-corrected chi connectivity index (χ3v) is 3.00. The highest BCUT2D eigenvalue weighted by Gasteiger charge is 2.16. The van der Waals surface area contributed by atoms with Crippen molar-refractivity contribution in [3.05, 3.63) is 0 Å². The first-order valence-corrected chi connectivity index (χ1v) is 6.95. The Morgan fingerprint density at radius 1 is 0.875 bits per heavy atom. The van der Waals surface area contributed by atoms with Crippen molar-refractivity contribution in [1.82, 2.24) is 10.2 Å². The van der Waals surface area contributed by atoms with E-state index in [1.807, 2.05) is 0 Å². The smallest absolute Gasteiger partial charge is 0.0222 e. The molecule has 16 heavy (non-hydrogen) atoms. The van der Waals surface area contributed by atoms with E-state index in [1.54, 1.807) is 0 Å². The van der Waals surface area contributed by atoms with Crippen molar-refractivity contribution < 1.29 is 0 Å². The molecule has 0 spiro atoms. The number of likely N-dealkylation sites (N-methyl/N-ethyl adjacent to an activating group) is 1. The Kier molecular flexibility index (Phi) is 8.96. The lowest BCUT2D eigenvalue weighted by Gasteiger charge is -2.31. The summed E-state index contributed by atoms with van der Waals surface area (Å²) in [6.45, 7) is 18.3. The molecule has 0 aromatic carbocycles. The SMILES string of the molecule is CCN(CC)C(CNCC(C)C)CC(C)C. The third kappa shape index (κ3) is 7.24. The van der Waals surface area contributed by atoms with Crippen LogP contribution >= 0.6 is 0 Å². The van der Waals surface area contributed by atoms with Crippen LogP contribution in [0.1, 0.15) is 48.0 Å². The highest BCUT2D eigenvalue weighted by molar-refractivity contribution is 4.74. The Morgan fingerprint density at radius 2 is 1.44 bits per heavy atom. The summed E-state index contributed by atoms with van der Waals surface area (Å²) < 4.78 is 0. The Hall–Kier alpha value is -0.0800. The lowest BCUT2D eigenvalue weighted by molar-refractivity contribution is 0.185. The quantitative estimate of drug-likeness (QED) is 0.652. The minimum Gasteiger partial charge on any atom is -0.315 e. The predicted octanol–water partition coefficient (Wildman–Crippen LogP) is 2.99. The molecule has 0 aromatic rings. The van der Waals surface area contributed by atoms with Crippen molar-refractivity contribution in [2.24, 2.45) is 11.8 Å². The third-order valence-electron chi connectivity index (χ3n) is 3.00. The van der Waals surface area contributed by atoms with Gasteiger partial charge in [-0.15, -0.1) is 0 Å². The second-order valence-electron chi connectivity index (χ2n) is 5.56. The summed E-state index contributed by atoms with van der Waals surface area (Å²) in [5.41, 5.74) is 0. The van der Waals surface area contributed by atoms with Crippen LogP contribution in [0.2, 0.25) is 0 Å². The van der Waals surface area contributed by atoms with Gasteiger partial charge in [0.2, 0.25) is 0 Å². The first-order valence-electron chi connectivity index (χ1n) is 6.95. The van der Waals surface area contributed by atoms with Crippen molar-refractivity contribution in [3.8, 4) is 0 Å². The van der Waals surface area contributed by atoms with Gasteiger partial charge in [0, 0.05) is 12.6 Å². The van der Waals surface area contributed by atoms with Crippen LogP contribution in [0.15, 0.2) is 0 Å².